The highest BCUT2D eigenvalue weighted by molar-refractivity contribution is 9.11. The minimum atomic E-state index is -0.711. The first kappa shape index (κ1) is 47.5. The molecule has 11 rings (SSSR count). The van der Waals surface area contributed by atoms with Gasteiger partial charge in [-0.3, -0.25) is 15.0 Å². The Balaban J connectivity index is 1.01. The molecular formula is C67H44Br3N3. The summed E-state index contributed by atoms with van der Waals surface area (Å²) in [7, 11) is 0. The van der Waals surface area contributed by atoms with Crippen molar-refractivity contribution >= 4 is 47.8 Å². The van der Waals surface area contributed by atoms with E-state index in [0.29, 0.717) is 0 Å². The van der Waals surface area contributed by atoms with Crippen molar-refractivity contribution in [2.45, 2.75) is 10.8 Å². The van der Waals surface area contributed by atoms with E-state index in [-0.39, 0.29) is 0 Å². The average Bonchev–Trinajstić information content (AvgIpc) is 3.46. The molecule has 3 nitrogen and oxygen atoms in total. The SMILES string of the molecule is Brc1ccc(C(c2ccc(Br)cc2)(c2ccc(Br)cc2)c2ccc(C#Cc3ccc(C(c4ccc(-c5ccncc5)cc4)(c4ccc(-c5ccncc5)cc4)c4ccc(-c5ccncc5)cc4)cc3)cc2)cc1. The van der Waals surface area contributed by atoms with Crippen LogP contribution in [0.3, 0.4) is 0 Å². The summed E-state index contributed by atoms with van der Waals surface area (Å²) in [5.74, 6) is 7.04. The van der Waals surface area contributed by atoms with Crippen LogP contribution in [0.25, 0.3) is 33.4 Å². The smallest absolute Gasteiger partial charge is 0.0701 e. The van der Waals surface area contributed by atoms with Crippen molar-refractivity contribution in [1.82, 2.24) is 15.0 Å². The maximum absolute atomic E-state index is 4.27. The van der Waals surface area contributed by atoms with E-state index >= 15 is 0 Å². The van der Waals surface area contributed by atoms with Gasteiger partial charge in [0.05, 0.1) is 10.8 Å². The molecule has 0 saturated heterocycles. The number of halogens is 3. The van der Waals surface area contributed by atoms with E-state index in [9.17, 15) is 0 Å². The molecule has 348 valence electrons. The van der Waals surface area contributed by atoms with E-state index in [4.69, 9.17) is 0 Å². The van der Waals surface area contributed by atoms with Crippen molar-refractivity contribution in [1.29, 1.82) is 0 Å². The van der Waals surface area contributed by atoms with Crippen molar-refractivity contribution in [3.05, 3.63) is 337 Å². The summed E-state index contributed by atoms with van der Waals surface area (Å²) in [6, 6.07) is 82.9. The Labute approximate surface area is 452 Å². The molecule has 73 heavy (non-hydrogen) atoms. The molecule has 8 aromatic carbocycles. The van der Waals surface area contributed by atoms with Gasteiger partial charge in [-0.25, -0.2) is 0 Å². The van der Waals surface area contributed by atoms with E-state index in [1.807, 2.05) is 37.2 Å². The lowest BCUT2D eigenvalue weighted by Gasteiger charge is -2.37. The van der Waals surface area contributed by atoms with Crippen LogP contribution in [0.4, 0.5) is 0 Å². The van der Waals surface area contributed by atoms with Crippen LogP contribution in [0.1, 0.15) is 55.6 Å². The van der Waals surface area contributed by atoms with Crippen molar-refractivity contribution in [3.8, 4) is 45.2 Å². The van der Waals surface area contributed by atoms with Gasteiger partial charge in [-0.05, 0) is 175 Å². The number of rotatable bonds is 11. The largest absolute Gasteiger partial charge is 0.265 e. The molecule has 0 aliphatic heterocycles. The number of benzene rings is 8. The number of nitrogens with zero attached hydrogens (tertiary/aromatic N) is 3. The zero-order chi connectivity index (χ0) is 49.6. The summed E-state index contributed by atoms with van der Waals surface area (Å²) in [4.78, 5) is 12.8. The molecule has 0 spiro atoms. The number of aromatic nitrogens is 3. The van der Waals surface area contributed by atoms with Crippen molar-refractivity contribution in [3.63, 3.8) is 0 Å². The Kier molecular flexibility index (Phi) is 13.8. The second kappa shape index (κ2) is 21.1. The molecule has 3 aromatic heterocycles. The van der Waals surface area contributed by atoms with Gasteiger partial charge in [-0.2, -0.15) is 0 Å². The first-order valence-corrected chi connectivity index (χ1v) is 26.3. The van der Waals surface area contributed by atoms with Gasteiger partial charge in [0, 0.05) is 61.7 Å². The van der Waals surface area contributed by atoms with Gasteiger partial charge in [-0.1, -0.05) is 193 Å². The Bertz CT molecular complexity index is 3360. The van der Waals surface area contributed by atoms with E-state index in [0.717, 1.165) is 102 Å². The summed E-state index contributed by atoms with van der Waals surface area (Å²) in [6.45, 7) is 0. The molecule has 3 heterocycles. The zero-order valence-corrected chi connectivity index (χ0v) is 44.1. The maximum Gasteiger partial charge on any atom is 0.0701 e. The number of hydrogen-bond donors (Lipinski definition) is 0. The van der Waals surface area contributed by atoms with E-state index in [1.165, 1.54) is 0 Å². The van der Waals surface area contributed by atoms with Gasteiger partial charge < -0.3 is 0 Å². The van der Waals surface area contributed by atoms with Gasteiger partial charge in [0.1, 0.15) is 0 Å². The Morgan fingerprint density at radius 2 is 0.397 bits per heavy atom. The van der Waals surface area contributed by atoms with Crippen LogP contribution < -0.4 is 0 Å². The lowest BCUT2D eigenvalue weighted by atomic mass is 9.64. The van der Waals surface area contributed by atoms with E-state index < -0.39 is 10.8 Å². The third-order valence-corrected chi connectivity index (χ3v) is 15.4. The molecule has 0 atom stereocenters. The van der Waals surface area contributed by atoms with Gasteiger partial charge in [0.25, 0.3) is 0 Å². The van der Waals surface area contributed by atoms with Crippen LogP contribution in [-0.2, 0) is 10.8 Å². The lowest BCUT2D eigenvalue weighted by Crippen LogP contribution is -2.31. The third kappa shape index (κ3) is 9.56. The molecule has 0 unspecified atom stereocenters. The molecule has 0 saturated carbocycles. The molecule has 0 N–H and O–H groups in total. The van der Waals surface area contributed by atoms with Gasteiger partial charge in [0.15, 0.2) is 0 Å². The maximum atomic E-state index is 4.27. The minimum absolute atomic E-state index is 0.603. The van der Waals surface area contributed by atoms with Crippen molar-refractivity contribution < 1.29 is 0 Å². The molecular weight excluding hydrogens is 1090 g/mol. The molecule has 0 fully saturated rings. The Morgan fingerprint density at radius 3 is 0.616 bits per heavy atom. The predicted octanol–water partition coefficient (Wildman–Crippen LogP) is 17.3. The highest BCUT2D eigenvalue weighted by Crippen LogP contribution is 2.48. The highest BCUT2D eigenvalue weighted by Gasteiger charge is 2.40. The topological polar surface area (TPSA) is 38.7 Å². The normalized spacial score (nSPS) is 11.4. The molecule has 0 bridgehead atoms. The second-order valence-corrected chi connectivity index (χ2v) is 20.6. The molecule has 0 amide bonds. The van der Waals surface area contributed by atoms with Crippen LogP contribution >= 0.6 is 47.8 Å². The summed E-state index contributed by atoms with van der Waals surface area (Å²) >= 11 is 11.1. The second-order valence-electron chi connectivity index (χ2n) is 17.9. The van der Waals surface area contributed by atoms with E-state index in [2.05, 4.69) is 305 Å². The van der Waals surface area contributed by atoms with Gasteiger partial charge in [-0.15, -0.1) is 0 Å². The zero-order valence-electron chi connectivity index (χ0n) is 39.4. The van der Waals surface area contributed by atoms with Crippen LogP contribution in [0.15, 0.2) is 281 Å². The number of hydrogen-bond acceptors (Lipinski definition) is 3. The standard InChI is InChI=1S/C67H44Br3N3/c68-63-29-23-60(24-30-63)67(61-25-31-64(69)32-26-61,62-27-33-65(70)34-28-62)56-15-5-48(6-16-56)2-1-47-3-13-55(14-4-47)66(57-17-7-49(8-18-57)52-35-41-71-42-36-52,58-19-9-50(10-20-58)53-37-43-72-44-38-53)59-21-11-51(12-22-59)54-39-45-73-46-40-54/h3-46H. The molecule has 11 aromatic rings. The lowest BCUT2D eigenvalue weighted by molar-refractivity contribution is 0.744. The number of pyridine rings is 3. The fourth-order valence-electron chi connectivity index (χ4n) is 10.2. The average molecular weight is 1130 g/mol. The Hall–Kier alpha value is -7.79. The quantitative estimate of drug-likeness (QED) is 0.0957. The molecule has 0 radical (unpaired) electrons. The van der Waals surface area contributed by atoms with Crippen LogP contribution in [-0.4, -0.2) is 15.0 Å². The van der Waals surface area contributed by atoms with Crippen LogP contribution in [0.5, 0.6) is 0 Å². The van der Waals surface area contributed by atoms with Crippen molar-refractivity contribution in [2.75, 3.05) is 0 Å². The van der Waals surface area contributed by atoms with Gasteiger partial charge >= 0.3 is 0 Å². The third-order valence-electron chi connectivity index (χ3n) is 13.8. The summed E-state index contributed by atoms with van der Waals surface area (Å²) in [5, 5.41) is 0. The highest BCUT2D eigenvalue weighted by atomic mass is 79.9. The fraction of sp³-hybridized carbons (Fsp3) is 0.0299. The summed E-state index contributed by atoms with van der Waals surface area (Å²) < 4.78 is 3.09. The van der Waals surface area contributed by atoms with Crippen molar-refractivity contribution in [2.24, 2.45) is 0 Å². The first-order valence-electron chi connectivity index (χ1n) is 23.9. The van der Waals surface area contributed by atoms with Crippen LogP contribution in [0.2, 0.25) is 0 Å². The molecule has 0 aliphatic carbocycles. The molecule has 6 heteroatoms. The predicted molar refractivity (Wildman–Crippen MR) is 308 cm³/mol. The first-order chi connectivity index (χ1) is 35.9. The molecule has 0 aliphatic rings. The monoisotopic (exact) mass is 1130 g/mol. The fourth-order valence-corrected chi connectivity index (χ4v) is 11.0. The minimum Gasteiger partial charge on any atom is -0.265 e. The Morgan fingerprint density at radius 1 is 0.219 bits per heavy atom. The summed E-state index contributed by atoms with van der Waals surface area (Å²) in [5.41, 5.74) is 16.4. The van der Waals surface area contributed by atoms with Gasteiger partial charge in [0.2, 0.25) is 0 Å². The van der Waals surface area contributed by atoms with Crippen LogP contribution in [0, 0.1) is 11.8 Å². The summed E-state index contributed by atoms with van der Waals surface area (Å²) in [6.07, 6.45) is 11.0. The van der Waals surface area contributed by atoms with E-state index in [1.54, 1.807) is 0 Å².